The Kier molecular flexibility index (Phi) is 2.63. The lowest BCUT2D eigenvalue weighted by molar-refractivity contribution is -0.142. The van der Waals surface area contributed by atoms with Gasteiger partial charge in [0.15, 0.2) is 4.96 Å². The van der Waals surface area contributed by atoms with Crippen LogP contribution in [0.5, 0.6) is 0 Å². The Bertz CT molecular complexity index is 517. The van der Waals surface area contributed by atoms with E-state index in [0.717, 1.165) is 36.3 Å². The van der Waals surface area contributed by atoms with Crippen LogP contribution in [0.25, 0.3) is 4.96 Å². The van der Waals surface area contributed by atoms with Crippen LogP contribution in [-0.2, 0) is 11.2 Å². The number of carboxylic acid groups (broad SMARTS) is 1. The average Bonchev–Trinajstić information content (AvgIpc) is 2.91. The van der Waals surface area contributed by atoms with E-state index < -0.39 is 5.97 Å². The van der Waals surface area contributed by atoms with Gasteiger partial charge in [0.25, 0.3) is 0 Å². The second-order valence-electron chi connectivity index (χ2n) is 4.66. The highest BCUT2D eigenvalue weighted by Crippen LogP contribution is 2.34. The van der Waals surface area contributed by atoms with E-state index >= 15 is 0 Å². The number of hydrogen-bond acceptors (Lipinski definition) is 3. The lowest BCUT2D eigenvalue weighted by atomic mass is 9.92. The molecule has 2 aromatic heterocycles. The highest BCUT2D eigenvalue weighted by atomic mass is 32.1. The summed E-state index contributed by atoms with van der Waals surface area (Å²) in [7, 11) is 0. The molecule has 4 nitrogen and oxygen atoms in total. The summed E-state index contributed by atoms with van der Waals surface area (Å²) in [5.41, 5.74) is 1.02. The van der Waals surface area contributed by atoms with Crippen LogP contribution >= 0.6 is 11.3 Å². The number of thiazole rings is 1. The first-order valence-electron chi connectivity index (χ1n) is 5.88. The second kappa shape index (κ2) is 4.14. The zero-order valence-electron chi connectivity index (χ0n) is 9.37. The minimum atomic E-state index is -0.645. The van der Waals surface area contributed by atoms with Gasteiger partial charge < -0.3 is 5.11 Å². The number of nitrogens with zero attached hydrogens (tertiary/aromatic N) is 2. The topological polar surface area (TPSA) is 54.6 Å². The van der Waals surface area contributed by atoms with E-state index in [9.17, 15) is 4.79 Å². The average molecular weight is 250 g/mol. The predicted molar refractivity (Wildman–Crippen MR) is 65.2 cm³/mol. The summed E-state index contributed by atoms with van der Waals surface area (Å²) in [5, 5.41) is 11.1. The van der Waals surface area contributed by atoms with Crippen LogP contribution < -0.4 is 0 Å². The summed E-state index contributed by atoms with van der Waals surface area (Å²) < 4.78 is 2.00. The molecule has 1 aliphatic carbocycles. The van der Waals surface area contributed by atoms with Gasteiger partial charge >= 0.3 is 5.97 Å². The quantitative estimate of drug-likeness (QED) is 0.910. The number of carboxylic acids is 1. The zero-order chi connectivity index (χ0) is 11.8. The van der Waals surface area contributed by atoms with Crippen molar-refractivity contribution in [3.8, 4) is 0 Å². The van der Waals surface area contributed by atoms with Crippen LogP contribution in [0, 0.1) is 11.8 Å². The molecule has 0 radical (unpaired) electrons. The molecule has 0 spiro atoms. The fourth-order valence-electron chi connectivity index (χ4n) is 2.75. The maximum atomic E-state index is 11.1. The van der Waals surface area contributed by atoms with Gasteiger partial charge in [-0.15, -0.1) is 11.3 Å². The molecule has 1 fully saturated rings. The Morgan fingerprint density at radius 2 is 2.47 bits per heavy atom. The van der Waals surface area contributed by atoms with E-state index in [0.29, 0.717) is 0 Å². The van der Waals surface area contributed by atoms with Crippen molar-refractivity contribution in [2.75, 3.05) is 0 Å². The third-order valence-electron chi connectivity index (χ3n) is 3.59. The summed E-state index contributed by atoms with van der Waals surface area (Å²) in [6, 6.07) is 0. The van der Waals surface area contributed by atoms with Crippen molar-refractivity contribution in [1.82, 2.24) is 9.38 Å². The van der Waals surface area contributed by atoms with E-state index in [4.69, 9.17) is 5.11 Å². The summed E-state index contributed by atoms with van der Waals surface area (Å²) in [6.45, 7) is 0. The molecule has 0 saturated heterocycles. The Balaban J connectivity index is 1.78. The number of carbonyl (C=O) groups is 1. The van der Waals surface area contributed by atoms with E-state index in [1.807, 2.05) is 22.2 Å². The minimum Gasteiger partial charge on any atom is -0.481 e. The number of imidazole rings is 1. The fourth-order valence-corrected chi connectivity index (χ4v) is 3.47. The van der Waals surface area contributed by atoms with E-state index in [1.54, 1.807) is 11.3 Å². The lowest BCUT2D eigenvalue weighted by Gasteiger charge is -2.13. The van der Waals surface area contributed by atoms with Crippen LogP contribution in [0.1, 0.15) is 25.0 Å². The van der Waals surface area contributed by atoms with Crippen molar-refractivity contribution in [3.63, 3.8) is 0 Å². The molecule has 1 saturated carbocycles. The standard InChI is InChI=1S/C12H14N2O2S/c15-11(16)10-3-1-2-8(10)6-9-7-14-4-5-17-12(14)13-9/h4-5,7-8,10H,1-3,6H2,(H,15,16). The Hall–Kier alpha value is -1.36. The van der Waals surface area contributed by atoms with Gasteiger partial charge in [0.1, 0.15) is 0 Å². The first-order valence-corrected chi connectivity index (χ1v) is 6.76. The molecule has 0 amide bonds. The van der Waals surface area contributed by atoms with Gasteiger partial charge in [-0.3, -0.25) is 9.20 Å². The summed E-state index contributed by atoms with van der Waals surface area (Å²) in [4.78, 5) is 16.6. The molecule has 0 aliphatic heterocycles. The molecule has 17 heavy (non-hydrogen) atoms. The van der Waals surface area contributed by atoms with Crippen molar-refractivity contribution >= 4 is 22.3 Å². The number of hydrogen-bond donors (Lipinski definition) is 1. The summed E-state index contributed by atoms with van der Waals surface area (Å²) >= 11 is 1.61. The summed E-state index contributed by atoms with van der Waals surface area (Å²) in [5.74, 6) is -0.555. The van der Waals surface area contributed by atoms with Crippen molar-refractivity contribution in [3.05, 3.63) is 23.5 Å². The highest BCUT2D eigenvalue weighted by molar-refractivity contribution is 7.15. The monoisotopic (exact) mass is 250 g/mol. The second-order valence-corrected chi connectivity index (χ2v) is 5.54. The van der Waals surface area contributed by atoms with Crippen molar-refractivity contribution < 1.29 is 9.90 Å². The van der Waals surface area contributed by atoms with Crippen molar-refractivity contribution in [2.24, 2.45) is 11.8 Å². The Morgan fingerprint density at radius 3 is 3.24 bits per heavy atom. The van der Waals surface area contributed by atoms with Crippen LogP contribution in [0.4, 0.5) is 0 Å². The molecule has 2 atom stereocenters. The molecule has 90 valence electrons. The molecule has 1 N–H and O–H groups in total. The lowest BCUT2D eigenvalue weighted by Crippen LogP contribution is -2.20. The third kappa shape index (κ3) is 1.95. The Morgan fingerprint density at radius 1 is 1.59 bits per heavy atom. The van der Waals surface area contributed by atoms with Gasteiger partial charge in [0.05, 0.1) is 11.6 Å². The van der Waals surface area contributed by atoms with Gasteiger partial charge in [-0.1, -0.05) is 6.42 Å². The number of fused-ring (bicyclic) bond motifs is 1. The highest BCUT2D eigenvalue weighted by Gasteiger charge is 2.33. The Labute approximate surface area is 103 Å². The fraction of sp³-hybridized carbons (Fsp3) is 0.500. The van der Waals surface area contributed by atoms with Crippen LogP contribution in [0.15, 0.2) is 17.8 Å². The molecule has 2 heterocycles. The number of aliphatic carboxylic acids is 1. The number of rotatable bonds is 3. The molecule has 2 aromatic rings. The normalized spacial score (nSPS) is 24.5. The van der Waals surface area contributed by atoms with Crippen LogP contribution in [-0.4, -0.2) is 20.5 Å². The van der Waals surface area contributed by atoms with Gasteiger partial charge in [-0.05, 0) is 25.2 Å². The smallest absolute Gasteiger partial charge is 0.306 e. The van der Waals surface area contributed by atoms with Crippen LogP contribution in [0.3, 0.4) is 0 Å². The molecular formula is C12H14N2O2S. The predicted octanol–water partition coefficient (Wildman–Crippen LogP) is 2.44. The molecular weight excluding hydrogens is 236 g/mol. The van der Waals surface area contributed by atoms with Gasteiger partial charge in [-0.25, -0.2) is 4.98 Å². The molecule has 0 aromatic carbocycles. The van der Waals surface area contributed by atoms with E-state index in [-0.39, 0.29) is 11.8 Å². The third-order valence-corrected chi connectivity index (χ3v) is 4.36. The zero-order valence-corrected chi connectivity index (χ0v) is 10.2. The first kappa shape index (κ1) is 10.8. The minimum absolute atomic E-state index is 0.172. The SMILES string of the molecule is O=C(O)C1CCCC1Cc1cn2ccsc2n1. The molecule has 1 aliphatic rings. The first-order chi connectivity index (χ1) is 8.24. The van der Waals surface area contributed by atoms with Crippen molar-refractivity contribution in [1.29, 1.82) is 0 Å². The molecule has 2 unspecified atom stereocenters. The van der Waals surface area contributed by atoms with Gasteiger partial charge in [0, 0.05) is 17.8 Å². The molecule has 3 rings (SSSR count). The maximum Gasteiger partial charge on any atom is 0.306 e. The molecule has 5 heteroatoms. The number of aromatic nitrogens is 2. The maximum absolute atomic E-state index is 11.1. The molecule has 0 bridgehead atoms. The largest absolute Gasteiger partial charge is 0.481 e. The van der Waals surface area contributed by atoms with E-state index in [1.165, 1.54) is 0 Å². The van der Waals surface area contributed by atoms with Crippen molar-refractivity contribution in [2.45, 2.75) is 25.7 Å². The van der Waals surface area contributed by atoms with Crippen LogP contribution in [0.2, 0.25) is 0 Å². The summed E-state index contributed by atoms with van der Waals surface area (Å²) in [6.07, 6.45) is 7.67. The van der Waals surface area contributed by atoms with Gasteiger partial charge in [-0.2, -0.15) is 0 Å². The van der Waals surface area contributed by atoms with Gasteiger partial charge in [0.2, 0.25) is 0 Å². The van der Waals surface area contributed by atoms with E-state index in [2.05, 4.69) is 4.98 Å².